The predicted molar refractivity (Wildman–Crippen MR) is 91.8 cm³/mol. The summed E-state index contributed by atoms with van der Waals surface area (Å²) in [7, 11) is 1.43. The summed E-state index contributed by atoms with van der Waals surface area (Å²) in [6.45, 7) is 0. The number of ether oxygens (including phenoxy) is 1. The summed E-state index contributed by atoms with van der Waals surface area (Å²) >= 11 is 0.949. The molecule has 0 saturated carbocycles. The molecule has 0 bridgehead atoms. The van der Waals surface area contributed by atoms with E-state index in [4.69, 9.17) is 10.1 Å². The van der Waals surface area contributed by atoms with Crippen LogP contribution in [0.5, 0.6) is 11.5 Å². The molecule has 1 heterocycles. The van der Waals surface area contributed by atoms with Gasteiger partial charge >= 0.3 is 0 Å². The van der Waals surface area contributed by atoms with Gasteiger partial charge in [-0.25, -0.2) is 4.39 Å². The van der Waals surface area contributed by atoms with Crippen molar-refractivity contribution < 1.29 is 19.0 Å². The Kier molecular flexibility index (Phi) is 4.26. The fourth-order valence-corrected chi connectivity index (χ4v) is 3.13. The average molecular weight is 344 g/mol. The number of phenols is 1. The number of methoxy groups -OCH3 is 1. The smallest absolute Gasteiger partial charge is 0.271 e. The Bertz CT molecular complexity index is 867. The second-order valence-corrected chi connectivity index (χ2v) is 5.97. The van der Waals surface area contributed by atoms with E-state index < -0.39 is 11.7 Å². The molecule has 1 aliphatic rings. The van der Waals surface area contributed by atoms with Gasteiger partial charge in [-0.15, -0.1) is 0 Å². The number of thioether (sulfide) groups is 1. The molecule has 5 nitrogen and oxygen atoms in total. The van der Waals surface area contributed by atoms with Crippen LogP contribution in [0.4, 0.5) is 10.1 Å². The van der Waals surface area contributed by atoms with E-state index in [0.29, 0.717) is 5.56 Å². The maximum absolute atomic E-state index is 13.9. The lowest BCUT2D eigenvalue weighted by molar-refractivity contribution is -0.113. The lowest BCUT2D eigenvalue weighted by Crippen LogP contribution is -2.28. The molecule has 1 fully saturated rings. The topological polar surface area (TPSA) is 73.6 Å². The van der Waals surface area contributed by atoms with Gasteiger partial charge < -0.3 is 9.84 Å². The van der Waals surface area contributed by atoms with E-state index in [1.807, 2.05) is 0 Å². The molecule has 2 aromatic carbocycles. The van der Waals surface area contributed by atoms with Crippen molar-refractivity contribution in [2.45, 2.75) is 0 Å². The van der Waals surface area contributed by atoms with Crippen molar-refractivity contribution in [3.63, 3.8) is 0 Å². The highest BCUT2D eigenvalue weighted by Crippen LogP contribution is 2.37. The van der Waals surface area contributed by atoms with Crippen LogP contribution in [-0.4, -0.2) is 23.3 Å². The van der Waals surface area contributed by atoms with Crippen LogP contribution < -0.4 is 9.64 Å². The van der Waals surface area contributed by atoms with Crippen LogP contribution in [0, 0.1) is 11.2 Å². The highest BCUT2D eigenvalue weighted by molar-refractivity contribution is 8.19. The maximum atomic E-state index is 13.9. The molecule has 1 amide bonds. The standard InChI is InChI=1S/C17H13FN2O3S/c1-23-14-8-10(6-7-13(14)21)9-15-16(22)20(17(19)24-15)12-5-3-2-4-11(12)18/h2-9,19,21H,1H3/b15-9-,19-17?. The van der Waals surface area contributed by atoms with Gasteiger partial charge in [-0.05, 0) is 47.7 Å². The van der Waals surface area contributed by atoms with Crippen LogP contribution in [0.2, 0.25) is 0 Å². The number of carbonyl (C=O) groups excluding carboxylic acids is 1. The van der Waals surface area contributed by atoms with Gasteiger partial charge in [-0.3, -0.25) is 15.1 Å². The SMILES string of the molecule is COc1cc(/C=C2\SC(=N)N(c3ccccc3F)C2=O)ccc1O. The number of halogens is 1. The van der Waals surface area contributed by atoms with Gasteiger partial charge in [0.15, 0.2) is 16.7 Å². The number of aromatic hydroxyl groups is 1. The van der Waals surface area contributed by atoms with Crippen LogP contribution in [0.25, 0.3) is 6.08 Å². The van der Waals surface area contributed by atoms with Crippen molar-refractivity contribution in [2.24, 2.45) is 0 Å². The van der Waals surface area contributed by atoms with Crippen molar-refractivity contribution in [3.8, 4) is 11.5 Å². The summed E-state index contributed by atoms with van der Waals surface area (Å²) in [4.78, 5) is 13.9. The molecule has 0 atom stereocenters. The number of anilines is 1. The number of amides is 1. The van der Waals surface area contributed by atoms with Gasteiger partial charge in [-0.1, -0.05) is 18.2 Å². The zero-order chi connectivity index (χ0) is 17.3. The van der Waals surface area contributed by atoms with E-state index in [1.165, 1.54) is 31.4 Å². The van der Waals surface area contributed by atoms with Crippen LogP contribution in [-0.2, 0) is 4.79 Å². The summed E-state index contributed by atoms with van der Waals surface area (Å²) < 4.78 is 19.0. The third kappa shape index (κ3) is 2.85. The molecule has 7 heteroatoms. The summed E-state index contributed by atoms with van der Waals surface area (Å²) in [5.74, 6) is -0.766. The Balaban J connectivity index is 1.96. The number of carbonyl (C=O) groups is 1. The second kappa shape index (κ2) is 6.37. The number of nitrogens with one attached hydrogen (secondary N) is 1. The summed E-state index contributed by atoms with van der Waals surface area (Å²) in [5.41, 5.74) is 0.676. The largest absolute Gasteiger partial charge is 0.504 e. The van der Waals surface area contributed by atoms with E-state index in [0.717, 1.165) is 16.7 Å². The molecule has 0 radical (unpaired) electrons. The maximum Gasteiger partial charge on any atom is 0.271 e. The number of hydrogen-bond acceptors (Lipinski definition) is 5. The van der Waals surface area contributed by atoms with Crippen molar-refractivity contribution in [1.29, 1.82) is 5.41 Å². The summed E-state index contributed by atoms with van der Waals surface area (Å²) in [5, 5.41) is 17.5. The Morgan fingerprint density at radius 3 is 2.75 bits per heavy atom. The molecule has 122 valence electrons. The summed E-state index contributed by atoms with van der Waals surface area (Å²) in [6, 6.07) is 10.5. The number of rotatable bonds is 3. The number of nitrogens with zero attached hydrogens (tertiary/aromatic N) is 1. The van der Waals surface area contributed by atoms with E-state index in [1.54, 1.807) is 24.3 Å². The number of para-hydroxylation sites is 1. The Morgan fingerprint density at radius 1 is 1.29 bits per heavy atom. The van der Waals surface area contributed by atoms with Crippen molar-refractivity contribution in [2.75, 3.05) is 12.0 Å². The van der Waals surface area contributed by atoms with Crippen molar-refractivity contribution in [1.82, 2.24) is 0 Å². The molecule has 2 N–H and O–H groups in total. The molecule has 0 aliphatic carbocycles. The normalized spacial score (nSPS) is 16.1. The van der Waals surface area contributed by atoms with Crippen LogP contribution >= 0.6 is 11.8 Å². The van der Waals surface area contributed by atoms with Gasteiger partial charge in [-0.2, -0.15) is 0 Å². The molecule has 0 unspecified atom stereocenters. The minimum absolute atomic E-state index is 0.00854. The molecule has 1 saturated heterocycles. The number of phenolic OH excluding ortho intramolecular Hbond substituents is 1. The lowest BCUT2D eigenvalue weighted by atomic mass is 10.2. The fourth-order valence-electron chi connectivity index (χ4n) is 2.27. The minimum Gasteiger partial charge on any atom is -0.504 e. The number of amidine groups is 1. The second-order valence-electron chi connectivity index (χ2n) is 4.94. The minimum atomic E-state index is -0.566. The first-order valence-corrected chi connectivity index (χ1v) is 7.77. The molecule has 0 spiro atoms. The molecule has 2 aromatic rings. The van der Waals surface area contributed by atoms with Crippen LogP contribution in [0.1, 0.15) is 5.56 Å². The van der Waals surface area contributed by atoms with Gasteiger partial charge in [0, 0.05) is 0 Å². The van der Waals surface area contributed by atoms with E-state index in [9.17, 15) is 14.3 Å². The first kappa shape index (κ1) is 16.1. The summed E-state index contributed by atoms with van der Waals surface area (Å²) in [6.07, 6.45) is 1.57. The molecule has 1 aliphatic heterocycles. The van der Waals surface area contributed by atoms with E-state index in [2.05, 4.69) is 0 Å². The predicted octanol–water partition coefficient (Wildman–Crippen LogP) is 3.60. The quantitative estimate of drug-likeness (QED) is 0.835. The van der Waals surface area contributed by atoms with E-state index >= 15 is 0 Å². The highest BCUT2D eigenvalue weighted by atomic mass is 32.2. The van der Waals surface area contributed by atoms with Gasteiger partial charge in [0.05, 0.1) is 17.7 Å². The fraction of sp³-hybridized carbons (Fsp3) is 0.0588. The van der Waals surface area contributed by atoms with Gasteiger partial charge in [0.25, 0.3) is 5.91 Å². The highest BCUT2D eigenvalue weighted by Gasteiger charge is 2.34. The first-order chi connectivity index (χ1) is 11.5. The molecule has 0 aromatic heterocycles. The molecule has 3 rings (SSSR count). The zero-order valence-electron chi connectivity index (χ0n) is 12.6. The monoisotopic (exact) mass is 344 g/mol. The third-order valence-corrected chi connectivity index (χ3v) is 4.31. The molecular weight excluding hydrogens is 331 g/mol. The van der Waals surface area contributed by atoms with Crippen LogP contribution in [0.15, 0.2) is 47.4 Å². The lowest BCUT2D eigenvalue weighted by Gasteiger charge is -2.14. The Hall–Kier alpha value is -2.80. The van der Waals surface area contributed by atoms with Crippen molar-refractivity contribution in [3.05, 3.63) is 58.8 Å². The Morgan fingerprint density at radius 2 is 2.04 bits per heavy atom. The van der Waals surface area contributed by atoms with Gasteiger partial charge in [0.2, 0.25) is 0 Å². The Labute approximate surface area is 141 Å². The first-order valence-electron chi connectivity index (χ1n) is 6.95. The number of benzene rings is 2. The van der Waals surface area contributed by atoms with Crippen molar-refractivity contribution >= 4 is 34.6 Å². The average Bonchev–Trinajstić information content (AvgIpc) is 2.84. The third-order valence-electron chi connectivity index (χ3n) is 3.42. The molecule has 24 heavy (non-hydrogen) atoms. The van der Waals surface area contributed by atoms with Crippen LogP contribution in [0.3, 0.4) is 0 Å². The van der Waals surface area contributed by atoms with E-state index in [-0.39, 0.29) is 27.3 Å². The number of hydrogen-bond donors (Lipinski definition) is 2. The zero-order valence-corrected chi connectivity index (χ0v) is 13.4. The van der Waals surface area contributed by atoms with Gasteiger partial charge in [0.1, 0.15) is 5.82 Å². The molecular formula is C17H13FN2O3S.